The van der Waals surface area contributed by atoms with E-state index in [4.69, 9.17) is 0 Å². The molecule has 0 aliphatic rings. The molecule has 0 heterocycles. The molecule has 0 saturated heterocycles. The summed E-state index contributed by atoms with van der Waals surface area (Å²) in [7, 11) is -4.01. The number of carbonyl (C=O) groups excluding carboxylic acids is 1. The maximum atomic E-state index is 11.8. The van der Waals surface area contributed by atoms with Gasteiger partial charge in [0.1, 0.15) is 0 Å². The lowest BCUT2D eigenvalue weighted by Crippen LogP contribution is -2.35. The summed E-state index contributed by atoms with van der Waals surface area (Å²) in [5.74, 6) is 0. The highest BCUT2D eigenvalue weighted by molar-refractivity contribution is 7.91. The van der Waals surface area contributed by atoms with Gasteiger partial charge >= 0.3 is 16.3 Å². The number of ether oxygens (including phenoxy) is 1. The molecule has 1 rings (SSSR count). The third kappa shape index (κ3) is 6.01. The third-order valence-electron chi connectivity index (χ3n) is 2.64. The Morgan fingerprint density at radius 2 is 2.05 bits per heavy atom. The first kappa shape index (κ1) is 17.3. The fourth-order valence-corrected chi connectivity index (χ4v) is 2.51. The van der Waals surface area contributed by atoms with Crippen molar-refractivity contribution in [1.82, 2.24) is 10.0 Å². The zero-order valence-corrected chi connectivity index (χ0v) is 13.2. The predicted molar refractivity (Wildman–Crippen MR) is 81.2 cm³/mol. The summed E-state index contributed by atoms with van der Waals surface area (Å²) in [5.41, 5.74) is 1.31. The standard InChI is InChI=1S/C13H21N3O4S/c1-4-14-10(3)11-7-6-8-12(9-11)15-21(18,19)16-13(17)20-5-2/h6-10,14-15H,4-5H2,1-3H3,(H,16,17). The van der Waals surface area contributed by atoms with E-state index < -0.39 is 16.3 Å². The monoisotopic (exact) mass is 315 g/mol. The Morgan fingerprint density at radius 3 is 2.67 bits per heavy atom. The Labute approximate surface area is 125 Å². The number of rotatable bonds is 7. The molecule has 7 nitrogen and oxygen atoms in total. The van der Waals surface area contributed by atoms with Gasteiger partial charge in [0.15, 0.2) is 0 Å². The summed E-state index contributed by atoms with van der Waals surface area (Å²) in [4.78, 5) is 11.1. The molecule has 0 bridgehead atoms. The van der Waals surface area contributed by atoms with Crippen LogP contribution in [0.5, 0.6) is 0 Å². The fraction of sp³-hybridized carbons (Fsp3) is 0.462. The number of hydrogen-bond acceptors (Lipinski definition) is 5. The van der Waals surface area contributed by atoms with Gasteiger partial charge in [-0.15, -0.1) is 0 Å². The van der Waals surface area contributed by atoms with Gasteiger partial charge in [0.05, 0.1) is 12.3 Å². The Balaban J connectivity index is 2.78. The first-order valence-corrected chi connectivity index (χ1v) is 8.17. The molecule has 21 heavy (non-hydrogen) atoms. The lowest BCUT2D eigenvalue weighted by atomic mass is 10.1. The van der Waals surface area contributed by atoms with Gasteiger partial charge in [-0.2, -0.15) is 8.42 Å². The summed E-state index contributed by atoms with van der Waals surface area (Å²) in [6.07, 6.45) is -1.01. The average Bonchev–Trinajstić information content (AvgIpc) is 2.38. The van der Waals surface area contributed by atoms with E-state index in [1.165, 1.54) is 0 Å². The van der Waals surface area contributed by atoms with Crippen LogP contribution >= 0.6 is 0 Å². The molecule has 0 aromatic heterocycles. The summed E-state index contributed by atoms with van der Waals surface area (Å²) in [6.45, 7) is 6.46. The number of carbonyl (C=O) groups is 1. The van der Waals surface area contributed by atoms with Crippen LogP contribution in [0.15, 0.2) is 24.3 Å². The Hall–Kier alpha value is -1.80. The molecule has 118 valence electrons. The van der Waals surface area contributed by atoms with Crippen LogP contribution in [0.3, 0.4) is 0 Å². The van der Waals surface area contributed by atoms with Crippen LogP contribution in [0, 0.1) is 0 Å². The quantitative estimate of drug-likeness (QED) is 0.712. The minimum Gasteiger partial charge on any atom is -0.449 e. The lowest BCUT2D eigenvalue weighted by Gasteiger charge is -2.15. The van der Waals surface area contributed by atoms with Gasteiger partial charge in [-0.25, -0.2) is 9.52 Å². The molecule has 1 aromatic rings. The average molecular weight is 315 g/mol. The van der Waals surface area contributed by atoms with E-state index in [0.29, 0.717) is 5.69 Å². The van der Waals surface area contributed by atoms with Gasteiger partial charge in [0, 0.05) is 6.04 Å². The van der Waals surface area contributed by atoms with Crippen LogP contribution < -0.4 is 14.8 Å². The second-order valence-corrected chi connectivity index (χ2v) is 5.75. The Bertz CT molecular complexity index is 575. The van der Waals surface area contributed by atoms with Crippen molar-refractivity contribution in [1.29, 1.82) is 0 Å². The summed E-state index contributed by atoms with van der Waals surface area (Å²) in [5, 5.41) is 3.23. The van der Waals surface area contributed by atoms with Crippen LogP contribution in [-0.4, -0.2) is 27.7 Å². The first-order chi connectivity index (χ1) is 9.88. The normalized spacial score (nSPS) is 12.5. The molecule has 1 amide bonds. The van der Waals surface area contributed by atoms with Crippen LogP contribution in [0.4, 0.5) is 10.5 Å². The molecule has 0 saturated carbocycles. The molecule has 3 N–H and O–H groups in total. The molecular formula is C13H21N3O4S. The highest BCUT2D eigenvalue weighted by Gasteiger charge is 2.15. The molecule has 0 fully saturated rings. The molecule has 0 aliphatic heterocycles. The number of benzene rings is 1. The van der Waals surface area contributed by atoms with Crippen molar-refractivity contribution in [2.75, 3.05) is 17.9 Å². The Kier molecular flexibility index (Phi) is 6.44. The molecule has 1 aromatic carbocycles. The van der Waals surface area contributed by atoms with E-state index in [0.717, 1.165) is 12.1 Å². The van der Waals surface area contributed by atoms with Gasteiger partial charge in [0.2, 0.25) is 0 Å². The SMILES string of the molecule is CCNC(C)c1cccc(NS(=O)(=O)NC(=O)OCC)c1. The molecule has 0 spiro atoms. The fourth-order valence-electron chi connectivity index (χ4n) is 1.75. The molecule has 1 atom stereocenters. The smallest absolute Gasteiger partial charge is 0.422 e. The van der Waals surface area contributed by atoms with Crippen LogP contribution in [0.1, 0.15) is 32.4 Å². The lowest BCUT2D eigenvalue weighted by molar-refractivity contribution is 0.159. The van der Waals surface area contributed by atoms with Crippen LogP contribution in [0.2, 0.25) is 0 Å². The minimum atomic E-state index is -4.01. The van der Waals surface area contributed by atoms with Gasteiger partial charge < -0.3 is 10.1 Å². The topological polar surface area (TPSA) is 96.5 Å². The van der Waals surface area contributed by atoms with Crippen molar-refractivity contribution >= 4 is 22.0 Å². The van der Waals surface area contributed by atoms with Crippen molar-refractivity contribution in [3.63, 3.8) is 0 Å². The third-order valence-corrected chi connectivity index (χ3v) is 3.58. The zero-order valence-electron chi connectivity index (χ0n) is 12.3. The van der Waals surface area contributed by atoms with Crippen LogP contribution in [-0.2, 0) is 14.9 Å². The molecular weight excluding hydrogens is 294 g/mol. The van der Waals surface area contributed by atoms with Gasteiger partial charge in [-0.05, 0) is 38.1 Å². The second-order valence-electron chi connectivity index (χ2n) is 4.33. The Morgan fingerprint density at radius 1 is 1.33 bits per heavy atom. The van der Waals surface area contributed by atoms with E-state index >= 15 is 0 Å². The van der Waals surface area contributed by atoms with Crippen LogP contribution in [0.25, 0.3) is 0 Å². The molecule has 0 radical (unpaired) electrons. The first-order valence-electron chi connectivity index (χ1n) is 6.68. The largest absolute Gasteiger partial charge is 0.449 e. The van der Waals surface area contributed by atoms with Crippen molar-refractivity contribution < 1.29 is 17.9 Å². The number of amides is 1. The maximum absolute atomic E-state index is 11.8. The number of anilines is 1. The summed E-state index contributed by atoms with van der Waals surface area (Å²) < 4.78 is 32.1. The van der Waals surface area contributed by atoms with E-state index in [1.54, 1.807) is 29.8 Å². The second kappa shape index (κ2) is 7.84. The van der Waals surface area contributed by atoms with Crippen molar-refractivity contribution in [3.05, 3.63) is 29.8 Å². The number of nitrogens with one attached hydrogen (secondary N) is 3. The highest BCUT2D eigenvalue weighted by atomic mass is 32.2. The summed E-state index contributed by atoms with van der Waals surface area (Å²) >= 11 is 0. The zero-order chi connectivity index (χ0) is 15.9. The van der Waals surface area contributed by atoms with E-state index in [2.05, 4.69) is 14.8 Å². The van der Waals surface area contributed by atoms with Gasteiger partial charge in [-0.3, -0.25) is 4.72 Å². The van der Waals surface area contributed by atoms with E-state index in [-0.39, 0.29) is 12.6 Å². The van der Waals surface area contributed by atoms with Crippen molar-refractivity contribution in [2.45, 2.75) is 26.8 Å². The highest BCUT2D eigenvalue weighted by Crippen LogP contribution is 2.17. The van der Waals surface area contributed by atoms with E-state index in [9.17, 15) is 13.2 Å². The van der Waals surface area contributed by atoms with E-state index in [1.807, 2.05) is 19.9 Å². The van der Waals surface area contributed by atoms with Gasteiger partial charge in [0.25, 0.3) is 0 Å². The molecule has 1 unspecified atom stereocenters. The number of hydrogen-bond donors (Lipinski definition) is 3. The van der Waals surface area contributed by atoms with Crippen molar-refractivity contribution in [2.24, 2.45) is 0 Å². The molecule has 8 heteroatoms. The predicted octanol–water partition coefficient (Wildman–Crippen LogP) is 1.76. The van der Waals surface area contributed by atoms with Gasteiger partial charge in [-0.1, -0.05) is 19.1 Å². The van der Waals surface area contributed by atoms with Crippen molar-refractivity contribution in [3.8, 4) is 0 Å². The maximum Gasteiger partial charge on any atom is 0.422 e. The summed E-state index contributed by atoms with van der Waals surface area (Å²) in [6, 6.07) is 7.04. The molecule has 0 aliphatic carbocycles. The minimum absolute atomic E-state index is 0.0943.